The van der Waals surface area contributed by atoms with Gasteiger partial charge in [0.15, 0.2) is 0 Å². The summed E-state index contributed by atoms with van der Waals surface area (Å²) in [6.45, 7) is 9.28. The Bertz CT molecular complexity index is 364. The highest BCUT2D eigenvalue weighted by Crippen LogP contribution is 2.27. The van der Waals surface area contributed by atoms with Crippen molar-refractivity contribution in [3.05, 3.63) is 0 Å². The van der Waals surface area contributed by atoms with Gasteiger partial charge >= 0.3 is 0 Å². The predicted molar refractivity (Wildman–Crippen MR) is 73.4 cm³/mol. The average molecular weight is 274 g/mol. The first-order valence-electron chi connectivity index (χ1n) is 7.14. The van der Waals surface area contributed by atoms with Gasteiger partial charge in [0.25, 0.3) is 10.2 Å². The van der Waals surface area contributed by atoms with E-state index in [1.54, 1.807) is 8.61 Å². The van der Waals surface area contributed by atoms with E-state index in [4.69, 9.17) is 0 Å². The van der Waals surface area contributed by atoms with Crippen molar-refractivity contribution in [2.45, 2.75) is 40.0 Å². The van der Waals surface area contributed by atoms with Crippen molar-refractivity contribution in [1.29, 1.82) is 0 Å². The van der Waals surface area contributed by atoms with Crippen molar-refractivity contribution < 1.29 is 8.42 Å². The second kappa shape index (κ2) is 5.47. The molecule has 0 amide bonds. The molecule has 0 aromatic heterocycles. The molecule has 2 aliphatic heterocycles. The largest absolute Gasteiger partial charge is 0.281 e. The van der Waals surface area contributed by atoms with E-state index < -0.39 is 10.2 Å². The van der Waals surface area contributed by atoms with Gasteiger partial charge in [-0.05, 0) is 37.0 Å². The second-order valence-electron chi connectivity index (χ2n) is 6.35. The van der Waals surface area contributed by atoms with Crippen LogP contribution >= 0.6 is 0 Å². The van der Waals surface area contributed by atoms with E-state index in [1.165, 1.54) is 0 Å². The van der Waals surface area contributed by atoms with Crippen molar-refractivity contribution in [3.63, 3.8) is 0 Å². The van der Waals surface area contributed by atoms with Crippen LogP contribution in [0, 0.1) is 17.8 Å². The van der Waals surface area contributed by atoms with Crippen molar-refractivity contribution in [3.8, 4) is 0 Å². The zero-order chi connectivity index (χ0) is 13.3. The Labute approximate surface area is 112 Å². The third-order valence-electron chi connectivity index (χ3n) is 4.23. The van der Waals surface area contributed by atoms with Gasteiger partial charge in [0.05, 0.1) is 0 Å². The van der Waals surface area contributed by atoms with Crippen LogP contribution in [0.1, 0.15) is 40.0 Å². The Morgan fingerprint density at radius 2 is 1.33 bits per heavy atom. The molecule has 0 N–H and O–H groups in total. The first-order valence-corrected chi connectivity index (χ1v) is 8.54. The Balaban J connectivity index is 2.06. The van der Waals surface area contributed by atoms with Gasteiger partial charge in [0.2, 0.25) is 0 Å². The highest BCUT2D eigenvalue weighted by atomic mass is 32.2. The SMILES string of the molecule is CC1CCN(S(=O)(=O)N2CC(C)CC(C)C2)CC1. The normalized spacial score (nSPS) is 33.7. The summed E-state index contributed by atoms with van der Waals surface area (Å²) in [7, 11) is -3.21. The minimum absolute atomic E-state index is 0.479. The summed E-state index contributed by atoms with van der Waals surface area (Å²) in [6.07, 6.45) is 3.14. The maximum absolute atomic E-state index is 12.6. The molecule has 2 aliphatic rings. The maximum atomic E-state index is 12.6. The Kier molecular flexibility index (Phi) is 4.34. The highest BCUT2D eigenvalue weighted by molar-refractivity contribution is 7.86. The van der Waals surface area contributed by atoms with Crippen molar-refractivity contribution >= 4 is 10.2 Å². The molecule has 106 valence electrons. The number of piperidine rings is 2. The number of rotatable bonds is 2. The summed E-state index contributed by atoms with van der Waals surface area (Å²) in [5, 5.41) is 0. The van der Waals surface area contributed by atoms with Crippen LogP contribution in [0.3, 0.4) is 0 Å². The van der Waals surface area contributed by atoms with Gasteiger partial charge in [-0.25, -0.2) is 0 Å². The Morgan fingerprint density at radius 3 is 1.83 bits per heavy atom. The third-order valence-corrected chi connectivity index (χ3v) is 6.20. The molecule has 0 aliphatic carbocycles. The van der Waals surface area contributed by atoms with Crippen LogP contribution in [0.4, 0.5) is 0 Å². The lowest BCUT2D eigenvalue weighted by atomic mass is 9.94. The monoisotopic (exact) mass is 274 g/mol. The molecule has 0 bridgehead atoms. The number of hydrogen-bond acceptors (Lipinski definition) is 2. The fourth-order valence-electron chi connectivity index (χ4n) is 3.17. The number of nitrogens with zero attached hydrogens (tertiary/aromatic N) is 2. The van der Waals surface area contributed by atoms with Gasteiger partial charge in [-0.15, -0.1) is 0 Å². The van der Waals surface area contributed by atoms with E-state index in [2.05, 4.69) is 20.8 Å². The summed E-state index contributed by atoms with van der Waals surface area (Å²) in [6, 6.07) is 0. The lowest BCUT2D eigenvalue weighted by Gasteiger charge is -2.39. The molecule has 0 saturated carbocycles. The molecule has 2 fully saturated rings. The molecule has 2 saturated heterocycles. The van der Waals surface area contributed by atoms with E-state index in [9.17, 15) is 8.42 Å². The van der Waals surface area contributed by atoms with Crippen LogP contribution < -0.4 is 0 Å². The van der Waals surface area contributed by atoms with Gasteiger partial charge in [-0.3, -0.25) is 0 Å². The lowest BCUT2D eigenvalue weighted by Crippen LogP contribution is -2.51. The fraction of sp³-hybridized carbons (Fsp3) is 1.00. The van der Waals surface area contributed by atoms with Crippen LogP contribution in [-0.4, -0.2) is 43.2 Å². The molecule has 2 unspecified atom stereocenters. The highest BCUT2D eigenvalue weighted by Gasteiger charge is 2.35. The van der Waals surface area contributed by atoms with Crippen LogP contribution in [0.5, 0.6) is 0 Å². The van der Waals surface area contributed by atoms with Crippen molar-refractivity contribution in [2.24, 2.45) is 17.8 Å². The van der Waals surface area contributed by atoms with E-state index >= 15 is 0 Å². The molecular weight excluding hydrogens is 248 g/mol. The van der Waals surface area contributed by atoms with E-state index in [1.807, 2.05) is 0 Å². The summed E-state index contributed by atoms with van der Waals surface area (Å²) in [5.74, 6) is 1.62. The third kappa shape index (κ3) is 3.06. The molecule has 0 aromatic carbocycles. The summed E-state index contributed by atoms with van der Waals surface area (Å²) >= 11 is 0. The number of hydrogen-bond donors (Lipinski definition) is 0. The first-order chi connectivity index (χ1) is 8.39. The van der Waals surface area contributed by atoms with Gasteiger partial charge in [-0.2, -0.15) is 17.0 Å². The minimum atomic E-state index is -3.21. The zero-order valence-corrected chi connectivity index (χ0v) is 12.6. The molecule has 0 aromatic rings. The zero-order valence-electron chi connectivity index (χ0n) is 11.8. The minimum Gasteiger partial charge on any atom is -0.195 e. The Morgan fingerprint density at radius 1 is 0.833 bits per heavy atom. The maximum Gasteiger partial charge on any atom is 0.281 e. The molecular formula is C13H26N2O2S. The summed E-state index contributed by atoms with van der Waals surface area (Å²) in [4.78, 5) is 0. The lowest BCUT2D eigenvalue weighted by molar-refractivity contribution is 0.198. The molecule has 0 spiro atoms. The molecule has 18 heavy (non-hydrogen) atoms. The van der Waals surface area contributed by atoms with Crippen molar-refractivity contribution in [1.82, 2.24) is 8.61 Å². The smallest absolute Gasteiger partial charge is 0.195 e. The van der Waals surface area contributed by atoms with E-state index in [0.29, 0.717) is 43.9 Å². The fourth-order valence-corrected chi connectivity index (χ4v) is 5.06. The van der Waals surface area contributed by atoms with Gasteiger partial charge < -0.3 is 0 Å². The standard InChI is InChI=1S/C13H26N2O2S/c1-11-4-6-14(7-5-11)18(16,17)15-9-12(2)8-13(3)10-15/h11-13H,4-10H2,1-3H3. The molecule has 2 atom stereocenters. The molecule has 4 nitrogen and oxygen atoms in total. The van der Waals surface area contributed by atoms with Crippen LogP contribution in [-0.2, 0) is 10.2 Å². The van der Waals surface area contributed by atoms with Crippen LogP contribution in [0.2, 0.25) is 0 Å². The van der Waals surface area contributed by atoms with Gasteiger partial charge in [0, 0.05) is 26.2 Å². The second-order valence-corrected chi connectivity index (χ2v) is 8.28. The topological polar surface area (TPSA) is 40.6 Å². The van der Waals surface area contributed by atoms with E-state index in [-0.39, 0.29) is 0 Å². The summed E-state index contributed by atoms with van der Waals surface area (Å²) < 4.78 is 28.6. The molecule has 0 radical (unpaired) electrons. The van der Waals surface area contributed by atoms with Crippen molar-refractivity contribution in [2.75, 3.05) is 26.2 Å². The molecule has 5 heteroatoms. The predicted octanol–water partition coefficient (Wildman–Crippen LogP) is 1.94. The van der Waals surface area contributed by atoms with E-state index in [0.717, 1.165) is 19.3 Å². The average Bonchev–Trinajstić information content (AvgIpc) is 2.28. The Hall–Kier alpha value is -0.130. The molecule has 2 heterocycles. The van der Waals surface area contributed by atoms with Crippen LogP contribution in [0.25, 0.3) is 0 Å². The van der Waals surface area contributed by atoms with Gasteiger partial charge in [0.1, 0.15) is 0 Å². The van der Waals surface area contributed by atoms with Crippen LogP contribution in [0.15, 0.2) is 0 Å². The van der Waals surface area contributed by atoms with Gasteiger partial charge in [-0.1, -0.05) is 20.8 Å². The molecule has 2 rings (SSSR count). The quantitative estimate of drug-likeness (QED) is 0.772. The summed E-state index contributed by atoms with van der Waals surface area (Å²) in [5.41, 5.74) is 0. The first kappa shape index (κ1) is 14.3.